The van der Waals surface area contributed by atoms with Crippen LogP contribution in [0.4, 0.5) is 0 Å². The molecule has 3 heterocycles. The fourth-order valence-electron chi connectivity index (χ4n) is 2.95. The lowest BCUT2D eigenvalue weighted by atomic mass is 10.2. The minimum atomic E-state index is -3.02. The average Bonchev–Trinajstić information content (AvgIpc) is 3.07. The molecule has 2 aromatic rings. The third-order valence-corrected chi connectivity index (χ3v) is 6.05. The van der Waals surface area contributed by atoms with Gasteiger partial charge in [-0.1, -0.05) is 0 Å². The van der Waals surface area contributed by atoms with Crippen molar-refractivity contribution >= 4 is 15.7 Å². The summed E-state index contributed by atoms with van der Waals surface area (Å²) in [5, 5.41) is 4.36. The van der Waals surface area contributed by atoms with Gasteiger partial charge in [0.25, 0.3) is 5.91 Å². The van der Waals surface area contributed by atoms with Gasteiger partial charge in [0.2, 0.25) is 0 Å². The molecular weight excluding hydrogens is 328 g/mol. The molecule has 7 nitrogen and oxygen atoms in total. The molecule has 0 spiro atoms. The monoisotopic (exact) mass is 348 g/mol. The smallest absolute Gasteiger partial charge is 0.255 e. The topological polar surface area (TPSA) is 85.2 Å². The van der Waals surface area contributed by atoms with Crippen LogP contribution in [0.2, 0.25) is 0 Å². The zero-order valence-corrected chi connectivity index (χ0v) is 14.7. The zero-order chi connectivity index (χ0) is 17.5. The van der Waals surface area contributed by atoms with Gasteiger partial charge in [-0.15, -0.1) is 0 Å². The number of hydrogen-bond acceptors (Lipinski definition) is 5. The Labute approximate surface area is 141 Å². The summed E-state index contributed by atoms with van der Waals surface area (Å²) in [4.78, 5) is 18.4. The van der Waals surface area contributed by atoms with Gasteiger partial charge in [0, 0.05) is 25.0 Å². The fraction of sp³-hybridized carbons (Fsp3) is 0.438. The first-order chi connectivity index (χ1) is 11.3. The highest BCUT2D eigenvalue weighted by molar-refractivity contribution is 7.91. The van der Waals surface area contributed by atoms with E-state index in [2.05, 4.69) is 10.1 Å². The molecule has 24 heavy (non-hydrogen) atoms. The van der Waals surface area contributed by atoms with Crippen molar-refractivity contribution in [2.75, 3.05) is 18.6 Å². The SMILES string of the molecule is Cc1cc(C)n(-c2ccc(C(=O)N(C)[C@@H]3CCS(=O)(=O)C3)cn2)n1. The highest BCUT2D eigenvalue weighted by Crippen LogP contribution is 2.19. The summed E-state index contributed by atoms with van der Waals surface area (Å²) in [7, 11) is -1.38. The second-order valence-corrected chi connectivity index (χ2v) is 8.45. The third-order valence-electron chi connectivity index (χ3n) is 4.30. The van der Waals surface area contributed by atoms with Gasteiger partial charge in [-0.05, 0) is 38.5 Å². The second kappa shape index (κ2) is 6.01. The van der Waals surface area contributed by atoms with E-state index in [0.717, 1.165) is 11.4 Å². The Bertz CT molecular complexity index is 871. The normalized spacial score (nSPS) is 19.4. The molecule has 0 radical (unpaired) electrons. The maximum atomic E-state index is 12.5. The molecule has 3 rings (SSSR count). The van der Waals surface area contributed by atoms with E-state index in [1.54, 1.807) is 23.9 Å². The van der Waals surface area contributed by atoms with Crippen LogP contribution in [0.5, 0.6) is 0 Å². The van der Waals surface area contributed by atoms with Gasteiger partial charge >= 0.3 is 0 Å². The number of carbonyl (C=O) groups is 1. The van der Waals surface area contributed by atoms with Crippen LogP contribution in [0.15, 0.2) is 24.4 Å². The summed E-state index contributed by atoms with van der Waals surface area (Å²) in [6.45, 7) is 3.85. The van der Waals surface area contributed by atoms with Crippen LogP contribution in [0.25, 0.3) is 5.82 Å². The predicted molar refractivity (Wildman–Crippen MR) is 90.0 cm³/mol. The summed E-state index contributed by atoms with van der Waals surface area (Å²) < 4.78 is 24.9. The molecule has 0 bridgehead atoms. The Morgan fingerprint density at radius 1 is 1.33 bits per heavy atom. The lowest BCUT2D eigenvalue weighted by Gasteiger charge is -2.23. The van der Waals surface area contributed by atoms with Gasteiger partial charge in [-0.3, -0.25) is 4.79 Å². The van der Waals surface area contributed by atoms with Crippen LogP contribution in [0, 0.1) is 13.8 Å². The van der Waals surface area contributed by atoms with Crippen molar-refractivity contribution in [1.82, 2.24) is 19.7 Å². The molecular formula is C16H20N4O3S. The largest absolute Gasteiger partial charge is 0.338 e. The van der Waals surface area contributed by atoms with Crippen molar-refractivity contribution in [2.45, 2.75) is 26.3 Å². The number of nitrogens with zero attached hydrogens (tertiary/aromatic N) is 4. The highest BCUT2D eigenvalue weighted by Gasteiger charge is 2.33. The van der Waals surface area contributed by atoms with Gasteiger partial charge in [-0.25, -0.2) is 18.1 Å². The van der Waals surface area contributed by atoms with Gasteiger partial charge in [0.05, 0.1) is 22.8 Å². The lowest BCUT2D eigenvalue weighted by molar-refractivity contribution is 0.0747. The number of rotatable bonds is 3. The van der Waals surface area contributed by atoms with E-state index in [1.165, 1.54) is 11.1 Å². The molecule has 128 valence electrons. The van der Waals surface area contributed by atoms with Crippen molar-refractivity contribution in [2.24, 2.45) is 0 Å². The lowest BCUT2D eigenvalue weighted by Crippen LogP contribution is -2.37. The number of amides is 1. The number of aromatic nitrogens is 3. The van der Waals surface area contributed by atoms with Crippen LogP contribution >= 0.6 is 0 Å². The molecule has 1 aliphatic rings. The number of carbonyl (C=O) groups excluding carboxylic acids is 1. The molecule has 1 saturated heterocycles. The van der Waals surface area contributed by atoms with E-state index in [-0.39, 0.29) is 23.5 Å². The van der Waals surface area contributed by atoms with Gasteiger partial charge < -0.3 is 4.90 Å². The Morgan fingerprint density at radius 3 is 2.58 bits per heavy atom. The van der Waals surface area contributed by atoms with Gasteiger partial charge in [0.1, 0.15) is 0 Å². The molecule has 0 aromatic carbocycles. The molecule has 1 amide bonds. The van der Waals surface area contributed by atoms with E-state index in [1.807, 2.05) is 19.9 Å². The zero-order valence-electron chi connectivity index (χ0n) is 13.9. The Morgan fingerprint density at radius 2 is 2.08 bits per heavy atom. The number of sulfone groups is 1. The van der Waals surface area contributed by atoms with Crippen molar-refractivity contribution in [3.05, 3.63) is 41.3 Å². The predicted octanol–water partition coefficient (Wildman–Crippen LogP) is 1.14. The van der Waals surface area contributed by atoms with E-state index in [4.69, 9.17) is 0 Å². The van der Waals surface area contributed by atoms with Crippen LogP contribution in [-0.4, -0.2) is 58.6 Å². The Hall–Kier alpha value is -2.22. The van der Waals surface area contributed by atoms with Crippen LogP contribution in [0.3, 0.4) is 0 Å². The van der Waals surface area contributed by atoms with E-state index >= 15 is 0 Å². The fourth-order valence-corrected chi connectivity index (χ4v) is 4.72. The number of aryl methyl sites for hydroxylation is 2. The summed E-state index contributed by atoms with van der Waals surface area (Å²) in [5.41, 5.74) is 2.30. The molecule has 1 atom stereocenters. The summed E-state index contributed by atoms with van der Waals surface area (Å²) in [6, 6.07) is 5.13. The van der Waals surface area contributed by atoms with E-state index < -0.39 is 9.84 Å². The van der Waals surface area contributed by atoms with Crippen molar-refractivity contribution in [1.29, 1.82) is 0 Å². The third kappa shape index (κ3) is 3.19. The molecule has 1 aliphatic heterocycles. The van der Waals surface area contributed by atoms with Gasteiger partial charge in [-0.2, -0.15) is 5.10 Å². The minimum absolute atomic E-state index is 0.0342. The highest BCUT2D eigenvalue weighted by atomic mass is 32.2. The first-order valence-electron chi connectivity index (χ1n) is 7.74. The Kier molecular flexibility index (Phi) is 4.16. The Balaban J connectivity index is 1.78. The van der Waals surface area contributed by atoms with E-state index in [0.29, 0.717) is 17.8 Å². The molecule has 0 unspecified atom stereocenters. The maximum absolute atomic E-state index is 12.5. The first-order valence-corrected chi connectivity index (χ1v) is 9.56. The molecule has 0 N–H and O–H groups in total. The average molecular weight is 348 g/mol. The maximum Gasteiger partial charge on any atom is 0.255 e. The summed E-state index contributed by atoms with van der Waals surface area (Å²) in [5.74, 6) is 0.601. The van der Waals surface area contributed by atoms with Crippen LogP contribution < -0.4 is 0 Å². The van der Waals surface area contributed by atoms with E-state index in [9.17, 15) is 13.2 Å². The minimum Gasteiger partial charge on any atom is -0.338 e. The molecule has 0 saturated carbocycles. The van der Waals surface area contributed by atoms with Crippen LogP contribution in [-0.2, 0) is 9.84 Å². The molecule has 1 fully saturated rings. The van der Waals surface area contributed by atoms with Crippen LogP contribution in [0.1, 0.15) is 28.2 Å². The molecule has 8 heteroatoms. The van der Waals surface area contributed by atoms with Crippen molar-refractivity contribution in [3.8, 4) is 5.82 Å². The number of pyridine rings is 1. The summed E-state index contributed by atoms with van der Waals surface area (Å²) >= 11 is 0. The first kappa shape index (κ1) is 16.6. The molecule has 2 aromatic heterocycles. The summed E-state index contributed by atoms with van der Waals surface area (Å²) in [6.07, 6.45) is 2.00. The standard InChI is InChI=1S/C16H20N4O3S/c1-11-8-12(2)20(18-11)15-5-4-13(9-17-15)16(21)19(3)14-6-7-24(22,23)10-14/h4-5,8-9,14H,6-7,10H2,1-3H3/t14-/m1/s1. The van der Waals surface area contributed by atoms with Gasteiger partial charge in [0.15, 0.2) is 15.7 Å². The van der Waals surface area contributed by atoms with Crippen molar-refractivity contribution in [3.63, 3.8) is 0 Å². The molecule has 0 aliphatic carbocycles. The number of hydrogen-bond donors (Lipinski definition) is 0. The van der Waals surface area contributed by atoms with Crippen molar-refractivity contribution < 1.29 is 13.2 Å². The second-order valence-electron chi connectivity index (χ2n) is 6.22. The quantitative estimate of drug-likeness (QED) is 0.830.